The van der Waals surface area contributed by atoms with E-state index in [0.29, 0.717) is 51.1 Å². The Labute approximate surface area is 614 Å². The van der Waals surface area contributed by atoms with Crippen LogP contribution in [0, 0.1) is 0 Å². The van der Waals surface area contributed by atoms with Gasteiger partial charge in [-0.05, 0) is 165 Å². The fraction of sp³-hybridized carbons (Fsp3) is 0.413. The van der Waals surface area contributed by atoms with Crippen LogP contribution in [-0.4, -0.2) is 117 Å². The van der Waals surface area contributed by atoms with Crippen LogP contribution in [0.15, 0.2) is 131 Å². The van der Waals surface area contributed by atoms with Crippen molar-refractivity contribution >= 4 is 133 Å². The van der Waals surface area contributed by atoms with Gasteiger partial charge in [0.2, 0.25) is 29.5 Å². The molecule has 21 nitrogen and oxygen atoms in total. The van der Waals surface area contributed by atoms with Crippen molar-refractivity contribution in [2.45, 2.75) is 181 Å². The van der Waals surface area contributed by atoms with Gasteiger partial charge in [-0.1, -0.05) is 74.5 Å². The molecule has 2 saturated heterocycles. The zero-order chi connectivity index (χ0) is 72.9. The number of carboxylic acids is 1. The van der Waals surface area contributed by atoms with E-state index in [1.54, 1.807) is 78.9 Å². The first kappa shape index (κ1) is 77.2. The molecule has 101 heavy (non-hydrogen) atoms. The number of amides is 7. The third-order valence-corrected chi connectivity index (χ3v) is 18.6. The van der Waals surface area contributed by atoms with Gasteiger partial charge in [-0.25, -0.2) is 14.4 Å². The van der Waals surface area contributed by atoms with Crippen molar-refractivity contribution in [3.05, 3.63) is 164 Å². The second-order valence-corrected chi connectivity index (χ2v) is 38.6. The van der Waals surface area contributed by atoms with Crippen LogP contribution in [-0.2, 0) is 108 Å². The van der Waals surface area contributed by atoms with Gasteiger partial charge in [-0.2, -0.15) is 22.7 Å². The smallest absolute Gasteiger partial charge is 0.244 e. The molecular weight excluding hydrogens is 1530 g/mol. The molecule has 8 aromatic rings. The fourth-order valence-corrected chi connectivity index (χ4v) is 14.3. The number of fused-ring (bicyclic) bond motifs is 4. The van der Waals surface area contributed by atoms with Crippen molar-refractivity contribution in [3.63, 3.8) is 0 Å². The molecule has 0 radical (unpaired) electrons. The monoisotopic (exact) mass is 1620 g/mol. The van der Waals surface area contributed by atoms with E-state index >= 15 is 0 Å². The summed E-state index contributed by atoms with van der Waals surface area (Å²) in [7, 11) is 5.53. The maximum Gasteiger partial charge on any atom is 0.244 e. The molecular formula is C75H91ClN10O11S3W. The minimum Gasteiger partial charge on any atom is -0.320 e. The molecule has 5 atom stereocenters. The van der Waals surface area contributed by atoms with Gasteiger partial charge in [0.15, 0.2) is 0 Å². The number of benzene rings is 4. The predicted octanol–water partition coefficient (Wildman–Crippen LogP) is 13.3. The van der Waals surface area contributed by atoms with Crippen molar-refractivity contribution in [1.82, 2.24) is 25.1 Å². The number of ether oxygens (including phenoxy) is 2. The summed E-state index contributed by atoms with van der Waals surface area (Å²) in [6, 6.07) is 28.1. The van der Waals surface area contributed by atoms with Gasteiger partial charge in [0.1, 0.15) is 29.3 Å². The van der Waals surface area contributed by atoms with E-state index < -0.39 is 59.4 Å². The summed E-state index contributed by atoms with van der Waals surface area (Å²) in [4.78, 5) is 110. The van der Waals surface area contributed by atoms with Crippen molar-refractivity contribution < 1.29 is 70.9 Å². The van der Waals surface area contributed by atoms with Gasteiger partial charge in [0, 0.05) is 92.5 Å². The minimum absolute atomic E-state index is 0.0399. The van der Waals surface area contributed by atoms with Gasteiger partial charge in [-0.15, -0.1) is 0 Å². The van der Waals surface area contributed by atoms with Crippen LogP contribution in [0.25, 0.3) is 21.8 Å². The average molecular weight is 1620 g/mol. The van der Waals surface area contributed by atoms with E-state index in [0.717, 1.165) is 111 Å². The van der Waals surface area contributed by atoms with E-state index in [4.69, 9.17) is 25.9 Å². The first-order valence-electron chi connectivity index (χ1n) is 34.0. The second kappa shape index (κ2) is 34.8. The predicted molar refractivity (Wildman–Crippen MR) is 400 cm³/mol. The number of aryl methyl sites for hydroxylation is 2. The van der Waals surface area contributed by atoms with E-state index in [1.807, 2.05) is 136 Å². The summed E-state index contributed by atoms with van der Waals surface area (Å²) in [5, 5.41) is 27.8. The van der Waals surface area contributed by atoms with Gasteiger partial charge in [-0.3, -0.25) is 24.0 Å². The summed E-state index contributed by atoms with van der Waals surface area (Å²) >= 11 is 4.62. The summed E-state index contributed by atoms with van der Waals surface area (Å²) in [6.07, 6.45) is 10.4. The molecule has 0 saturated carbocycles. The molecule has 4 aliphatic rings. The normalized spacial score (nSPS) is 16.8. The molecule has 0 aliphatic carbocycles. The van der Waals surface area contributed by atoms with Crippen molar-refractivity contribution in [2.75, 3.05) is 38.9 Å². The van der Waals surface area contributed by atoms with Gasteiger partial charge >= 0.3 is 60.4 Å². The molecule has 4 aromatic carbocycles. The fourth-order valence-electron chi connectivity index (χ4n) is 13.0. The number of nitrogens with two attached hydrogens (primary N) is 1. The SMILES string of the molecule is CCCn1cc(C[C@@H](NC(=O)OC(C)(C)C)C(=O)NC2Cc3cccc(N4CCCC4=O)c3N(Cc3ccsc3)C2=O)c2ccccc21.CCCn1cc(C[C@@H](NC(=O)OC(C)(C)C)C(=O)O)c2ccccc21.C[S](Cl)=[W].NC1Cc2cccc(N3CCCC3=O)c2N(Cc2ccsc2)C1=O. The number of aromatic nitrogens is 2. The zero-order valence-corrected chi connectivity index (χ0v) is 64.8. The zero-order valence-electron chi connectivity index (χ0n) is 58.6. The third kappa shape index (κ3) is 20.2. The quantitative estimate of drug-likeness (QED) is 0.0506. The first-order valence-corrected chi connectivity index (χ1v) is 41.9. The number of thiophene rings is 2. The number of carbonyl (C=O) groups is 8. The molecule has 4 aliphatic heterocycles. The molecule has 8 heterocycles. The number of nitrogens with zero attached hydrogens (tertiary/aromatic N) is 6. The summed E-state index contributed by atoms with van der Waals surface area (Å²) < 4.78 is 15.0. The van der Waals surface area contributed by atoms with Crippen LogP contribution in [0.5, 0.6) is 0 Å². The third-order valence-electron chi connectivity index (χ3n) is 17.1. The Morgan fingerprint density at radius 3 is 1.50 bits per heavy atom. The number of alkyl carbamates (subject to hydrolysis) is 2. The number of halogens is 1. The number of nitrogens with one attached hydrogen (secondary N) is 3. The van der Waals surface area contributed by atoms with Crippen LogP contribution in [0.1, 0.15) is 127 Å². The number of anilines is 4. The average Bonchev–Trinajstić information content (AvgIpc) is 1.74. The van der Waals surface area contributed by atoms with Gasteiger partial charge in [0.05, 0.1) is 41.9 Å². The Morgan fingerprint density at radius 2 is 1.08 bits per heavy atom. The largest absolute Gasteiger partial charge is 0.320 e. The maximum absolute atomic E-state index is 14.3. The molecule has 7 amide bonds. The Morgan fingerprint density at radius 1 is 0.644 bits per heavy atom. The molecule has 6 N–H and O–H groups in total. The van der Waals surface area contributed by atoms with Gasteiger partial charge in [0.25, 0.3) is 0 Å². The second-order valence-electron chi connectivity index (χ2n) is 27.3. The maximum atomic E-state index is 14.3. The molecule has 0 spiro atoms. The van der Waals surface area contributed by atoms with Crippen LogP contribution < -0.4 is 41.3 Å². The van der Waals surface area contributed by atoms with E-state index in [2.05, 4.69) is 45.0 Å². The molecule has 2 fully saturated rings. The molecule has 12 rings (SSSR count). The number of carbonyl (C=O) groups excluding carboxylic acids is 7. The standard InChI is InChI=1S/C37H43N5O5S.C19H26N2O4.C18H19N3O2S.CH3ClS.W/c1-5-16-40-22-26(27-11-6-7-12-30(27)40)20-28(39-36(46)47-37(2,3)4)34(44)38-29-19-25-10-8-13-31(41-17-9-14-32(41)43)33(25)42(35(29)45)21-24-15-18-48-23-24;1-5-10-21-12-13(14-8-6-7-9-16(14)21)11-15(17(22)23)20-18(24)25-19(2,3)4;19-14-9-13-3-1-4-15(20-7-2-5-16(20)22)17(13)21(18(14)23)10-12-6-8-24-11-12;1-3-2;/h6-8,10-13,15,18,22-23,28-29H,5,9,14,16-17,19-21H2,1-4H3,(H,38,44)(H,39,46);6-9,12,15H,5,10-11H2,1-4H3,(H,20,24)(H,22,23);1,3-4,6,8,11,14H,2,5,7,9-10,19H2;1H3;/t28-,29?;15-;;;/m11.../s1. The number of hydrogen-bond acceptors (Lipinski definition) is 13. The van der Waals surface area contributed by atoms with Crippen LogP contribution >= 0.6 is 40.7 Å². The van der Waals surface area contributed by atoms with E-state index in [1.165, 1.54) is 18.0 Å². The number of rotatable bonds is 19. The number of carboxylic acid groups (broad SMARTS) is 1. The summed E-state index contributed by atoms with van der Waals surface area (Å²) in [5.74, 6) is -1.74. The van der Waals surface area contributed by atoms with Gasteiger partial charge < -0.3 is 65.0 Å². The summed E-state index contributed by atoms with van der Waals surface area (Å²) in [5.41, 5.74) is 15.6. The van der Waals surface area contributed by atoms with Crippen LogP contribution in [0.4, 0.5) is 32.3 Å². The Hall–Kier alpha value is -7.99. The van der Waals surface area contributed by atoms with Crippen molar-refractivity contribution in [1.29, 1.82) is 0 Å². The molecule has 4 aromatic heterocycles. The minimum atomic E-state index is -1.09. The summed E-state index contributed by atoms with van der Waals surface area (Å²) in [6.45, 7) is 18.5. The van der Waals surface area contributed by atoms with E-state index in [-0.39, 0.29) is 50.2 Å². The Kier molecular flexibility index (Phi) is 26.6. The molecule has 0 bridgehead atoms. The Balaban J connectivity index is 0.000000188. The molecule has 26 heteroatoms. The number of aliphatic carboxylic acids is 1. The first-order chi connectivity index (χ1) is 48.1. The van der Waals surface area contributed by atoms with Crippen molar-refractivity contribution in [3.8, 4) is 0 Å². The molecule has 538 valence electrons. The van der Waals surface area contributed by atoms with Crippen LogP contribution in [0.2, 0.25) is 0 Å². The number of hydrogen-bond donors (Lipinski definition) is 5. The van der Waals surface area contributed by atoms with Crippen molar-refractivity contribution in [2.24, 2.45) is 5.73 Å². The Bertz CT molecular complexity index is 4290. The van der Waals surface area contributed by atoms with Crippen LogP contribution in [0.3, 0.4) is 0 Å². The topological polar surface area (TPSA) is 260 Å². The number of para-hydroxylation sites is 4. The molecule has 3 unspecified atom stereocenters. The van der Waals surface area contributed by atoms with E-state index in [9.17, 15) is 43.5 Å².